The number of hydrogen-bond donors (Lipinski definition) is 1. The van der Waals surface area contributed by atoms with Crippen LogP contribution < -0.4 is 0 Å². The maximum absolute atomic E-state index is 12.7. The van der Waals surface area contributed by atoms with Crippen molar-refractivity contribution >= 4 is 5.97 Å². The minimum absolute atomic E-state index is 0.273. The molecule has 0 bridgehead atoms. The number of esters is 1. The van der Waals surface area contributed by atoms with Crippen molar-refractivity contribution in [3.8, 4) is 0 Å². The fraction of sp³-hybridized carbons (Fsp3) is 0.800. The van der Waals surface area contributed by atoms with Gasteiger partial charge in [-0.2, -0.15) is 13.2 Å². The molecule has 0 amide bonds. The van der Waals surface area contributed by atoms with Crippen molar-refractivity contribution in [3.05, 3.63) is 12.2 Å². The molecule has 128 valence electrons. The van der Waals surface area contributed by atoms with Crippen LogP contribution in [-0.2, 0) is 14.3 Å². The highest BCUT2D eigenvalue weighted by Gasteiger charge is 2.52. The van der Waals surface area contributed by atoms with Crippen molar-refractivity contribution < 1.29 is 32.5 Å². The summed E-state index contributed by atoms with van der Waals surface area (Å²) in [6, 6.07) is 0. The molecule has 0 heterocycles. The van der Waals surface area contributed by atoms with Gasteiger partial charge in [0.2, 0.25) is 0 Å². The summed E-state index contributed by atoms with van der Waals surface area (Å²) in [7, 11) is 0. The van der Waals surface area contributed by atoms with E-state index in [-0.39, 0.29) is 5.57 Å². The Morgan fingerprint density at radius 3 is 2.50 bits per heavy atom. The predicted molar refractivity (Wildman–Crippen MR) is 74.2 cm³/mol. The van der Waals surface area contributed by atoms with Crippen LogP contribution in [0.25, 0.3) is 0 Å². The zero-order chi connectivity index (χ0) is 17.2. The van der Waals surface area contributed by atoms with E-state index in [9.17, 15) is 23.1 Å². The Bertz CT molecular complexity index is 431. The molecule has 0 aliphatic heterocycles. The van der Waals surface area contributed by atoms with Crippen LogP contribution in [0.3, 0.4) is 0 Å². The van der Waals surface area contributed by atoms with Gasteiger partial charge in [-0.25, -0.2) is 4.79 Å². The normalized spacial score (nSPS) is 28.2. The van der Waals surface area contributed by atoms with E-state index in [0.717, 1.165) is 0 Å². The smallest absolute Gasteiger partial charge is 0.419 e. The maximum atomic E-state index is 12.7. The first-order valence-electron chi connectivity index (χ1n) is 7.22. The topological polar surface area (TPSA) is 55.8 Å². The zero-order valence-electron chi connectivity index (χ0n) is 13.1. The molecule has 0 saturated heterocycles. The zero-order valence-corrected chi connectivity index (χ0v) is 13.1. The summed E-state index contributed by atoms with van der Waals surface area (Å²) < 4.78 is 48.6. The Balaban J connectivity index is 2.65. The van der Waals surface area contributed by atoms with Crippen molar-refractivity contribution in [1.29, 1.82) is 0 Å². The van der Waals surface area contributed by atoms with Crippen LogP contribution in [-0.4, -0.2) is 41.2 Å². The van der Waals surface area contributed by atoms with Gasteiger partial charge < -0.3 is 14.6 Å². The van der Waals surface area contributed by atoms with E-state index in [2.05, 4.69) is 6.58 Å². The van der Waals surface area contributed by atoms with Crippen LogP contribution in [0.2, 0.25) is 0 Å². The molecule has 1 aliphatic rings. The van der Waals surface area contributed by atoms with E-state index in [1.54, 1.807) is 6.92 Å². The highest BCUT2D eigenvalue weighted by molar-refractivity contribution is 5.87. The molecular weight excluding hydrogens is 301 g/mol. The Morgan fingerprint density at radius 1 is 1.45 bits per heavy atom. The molecule has 0 aromatic carbocycles. The number of aliphatic hydroxyl groups is 1. The van der Waals surface area contributed by atoms with Crippen LogP contribution in [0.5, 0.6) is 0 Å². The van der Waals surface area contributed by atoms with Gasteiger partial charge in [0.05, 0.1) is 12.2 Å². The second-order valence-corrected chi connectivity index (χ2v) is 6.15. The summed E-state index contributed by atoms with van der Waals surface area (Å²) in [6.45, 7) is 6.65. The molecule has 0 aromatic heterocycles. The van der Waals surface area contributed by atoms with E-state index in [1.165, 1.54) is 6.92 Å². The molecule has 3 unspecified atom stereocenters. The quantitative estimate of drug-likeness (QED) is 0.602. The maximum Gasteiger partial charge on any atom is 0.419 e. The van der Waals surface area contributed by atoms with E-state index < -0.39 is 36.1 Å². The lowest BCUT2D eigenvalue weighted by atomic mass is 9.97. The average Bonchev–Trinajstić information content (AvgIpc) is 2.79. The molecular formula is C15H23F3O4. The molecule has 7 heteroatoms. The van der Waals surface area contributed by atoms with E-state index in [4.69, 9.17) is 9.47 Å². The summed E-state index contributed by atoms with van der Waals surface area (Å²) in [5.74, 6) is -0.515. The van der Waals surface area contributed by atoms with Gasteiger partial charge in [-0.1, -0.05) is 13.5 Å². The molecule has 0 spiro atoms. The third-order valence-electron chi connectivity index (χ3n) is 4.06. The van der Waals surface area contributed by atoms with Crippen LogP contribution in [0.4, 0.5) is 13.2 Å². The summed E-state index contributed by atoms with van der Waals surface area (Å²) >= 11 is 0. The summed E-state index contributed by atoms with van der Waals surface area (Å²) in [4.78, 5) is 11.5. The standard InChI is InChI=1S/C15H23F3O4/c1-5-14(21-9-13(4,20)15(16,17)18)7-6-11(8-14)22-12(19)10(2)3/h11,20H,2,5-9H2,1,3-4H3. The number of alkyl halides is 3. The molecule has 3 atom stereocenters. The highest BCUT2D eigenvalue weighted by Crippen LogP contribution is 2.40. The fourth-order valence-corrected chi connectivity index (χ4v) is 2.33. The second kappa shape index (κ2) is 6.58. The van der Waals surface area contributed by atoms with Crippen molar-refractivity contribution in [2.24, 2.45) is 0 Å². The summed E-state index contributed by atoms with van der Waals surface area (Å²) in [6.07, 6.45) is -3.38. The lowest BCUT2D eigenvalue weighted by Gasteiger charge is -2.33. The van der Waals surface area contributed by atoms with Gasteiger partial charge in [0, 0.05) is 12.0 Å². The highest BCUT2D eigenvalue weighted by atomic mass is 19.4. The lowest BCUT2D eigenvalue weighted by molar-refractivity contribution is -0.277. The molecule has 0 radical (unpaired) electrons. The van der Waals surface area contributed by atoms with E-state index in [1.807, 2.05) is 0 Å². The summed E-state index contributed by atoms with van der Waals surface area (Å²) in [5, 5.41) is 9.46. The molecule has 0 aromatic rings. The fourth-order valence-electron chi connectivity index (χ4n) is 2.33. The van der Waals surface area contributed by atoms with E-state index in [0.29, 0.717) is 32.6 Å². The average molecular weight is 324 g/mol. The first kappa shape index (κ1) is 19.0. The SMILES string of the molecule is C=C(C)C(=O)OC1CCC(CC)(OCC(C)(O)C(F)(F)F)C1. The molecule has 4 nitrogen and oxygen atoms in total. The Labute approximate surface area is 128 Å². The summed E-state index contributed by atoms with van der Waals surface area (Å²) in [5.41, 5.74) is -3.44. The third-order valence-corrected chi connectivity index (χ3v) is 4.06. The molecule has 1 N–H and O–H groups in total. The van der Waals surface area contributed by atoms with Crippen LogP contribution in [0, 0.1) is 0 Å². The number of hydrogen-bond acceptors (Lipinski definition) is 4. The third kappa shape index (κ3) is 4.46. The van der Waals surface area contributed by atoms with E-state index >= 15 is 0 Å². The Kier molecular flexibility index (Phi) is 5.67. The van der Waals surface area contributed by atoms with Gasteiger partial charge in [-0.05, 0) is 33.1 Å². The molecule has 1 fully saturated rings. The van der Waals surface area contributed by atoms with Crippen molar-refractivity contribution in [2.75, 3.05) is 6.61 Å². The van der Waals surface area contributed by atoms with Crippen molar-refractivity contribution in [1.82, 2.24) is 0 Å². The van der Waals surface area contributed by atoms with Crippen LogP contribution in [0.15, 0.2) is 12.2 Å². The molecule has 1 rings (SSSR count). The van der Waals surface area contributed by atoms with Crippen molar-refractivity contribution in [2.45, 2.75) is 69.9 Å². The Morgan fingerprint density at radius 2 is 2.05 bits per heavy atom. The van der Waals surface area contributed by atoms with Gasteiger partial charge in [-0.15, -0.1) is 0 Å². The molecule has 1 saturated carbocycles. The van der Waals surface area contributed by atoms with Gasteiger partial charge >= 0.3 is 12.1 Å². The lowest BCUT2D eigenvalue weighted by Crippen LogP contribution is -2.48. The molecule has 1 aliphatic carbocycles. The van der Waals surface area contributed by atoms with Crippen LogP contribution in [0.1, 0.15) is 46.5 Å². The first-order chi connectivity index (χ1) is 9.92. The second-order valence-electron chi connectivity index (χ2n) is 6.15. The van der Waals surface area contributed by atoms with Crippen LogP contribution >= 0.6 is 0 Å². The minimum Gasteiger partial charge on any atom is -0.459 e. The van der Waals surface area contributed by atoms with Gasteiger partial charge in [0.25, 0.3) is 0 Å². The van der Waals surface area contributed by atoms with Gasteiger partial charge in [0.15, 0.2) is 5.60 Å². The monoisotopic (exact) mass is 324 g/mol. The van der Waals surface area contributed by atoms with Gasteiger partial charge in [0.1, 0.15) is 6.10 Å². The first-order valence-corrected chi connectivity index (χ1v) is 7.22. The minimum atomic E-state index is -4.76. The predicted octanol–water partition coefficient (Wildman–Crippen LogP) is 3.14. The van der Waals surface area contributed by atoms with Crippen molar-refractivity contribution in [3.63, 3.8) is 0 Å². The number of halogens is 3. The number of carbonyl (C=O) groups excluding carboxylic acids is 1. The largest absolute Gasteiger partial charge is 0.459 e. The molecule has 22 heavy (non-hydrogen) atoms. The number of ether oxygens (including phenoxy) is 2. The Hall–Kier alpha value is -1.08. The van der Waals surface area contributed by atoms with Gasteiger partial charge in [-0.3, -0.25) is 0 Å². The number of rotatable bonds is 6. The number of carbonyl (C=O) groups is 1.